The third-order valence-corrected chi connectivity index (χ3v) is 4.26. The monoisotopic (exact) mass is 251 g/mol. The van der Waals surface area contributed by atoms with Crippen LogP contribution in [0.3, 0.4) is 0 Å². The van der Waals surface area contributed by atoms with Gasteiger partial charge in [-0.15, -0.1) is 0 Å². The maximum Gasteiger partial charge on any atom is 0.214 e. The van der Waals surface area contributed by atoms with Gasteiger partial charge in [-0.25, -0.2) is 12.7 Å². The van der Waals surface area contributed by atoms with Crippen LogP contribution in [-0.2, 0) is 10.0 Å². The number of nitrogens with two attached hydrogens (primary N) is 1. The van der Waals surface area contributed by atoms with Gasteiger partial charge < -0.3 is 10.9 Å². The Morgan fingerprint density at radius 3 is 2.31 bits per heavy atom. The van der Waals surface area contributed by atoms with Crippen molar-refractivity contribution in [3.05, 3.63) is 0 Å². The zero-order valence-electron chi connectivity index (χ0n) is 10.3. The van der Waals surface area contributed by atoms with Crippen molar-refractivity contribution in [1.82, 2.24) is 4.31 Å². The summed E-state index contributed by atoms with van der Waals surface area (Å²) in [4.78, 5) is 0. The Morgan fingerprint density at radius 2 is 1.94 bits per heavy atom. The van der Waals surface area contributed by atoms with Crippen molar-refractivity contribution < 1.29 is 13.6 Å². The van der Waals surface area contributed by atoms with Gasteiger partial charge in [0.1, 0.15) is 5.84 Å². The minimum absolute atomic E-state index is 0.0257. The van der Waals surface area contributed by atoms with Crippen molar-refractivity contribution >= 4 is 15.9 Å². The zero-order valence-corrected chi connectivity index (χ0v) is 11.1. The molecule has 0 spiro atoms. The lowest BCUT2D eigenvalue weighted by Gasteiger charge is -2.23. The second kappa shape index (κ2) is 5.49. The molecule has 0 amide bonds. The molecule has 0 rings (SSSR count). The summed E-state index contributed by atoms with van der Waals surface area (Å²) in [5, 5.41) is 11.1. The van der Waals surface area contributed by atoms with Crippen LogP contribution in [-0.4, -0.2) is 43.1 Å². The molecule has 6 nitrogen and oxygen atoms in total. The van der Waals surface area contributed by atoms with Crippen LogP contribution in [0.5, 0.6) is 0 Å². The van der Waals surface area contributed by atoms with Gasteiger partial charge in [-0.1, -0.05) is 25.9 Å². The topological polar surface area (TPSA) is 96.0 Å². The fourth-order valence-electron chi connectivity index (χ4n) is 1.12. The molecule has 7 heteroatoms. The van der Waals surface area contributed by atoms with Crippen molar-refractivity contribution in [2.24, 2.45) is 16.3 Å². The van der Waals surface area contributed by atoms with E-state index in [1.54, 1.807) is 0 Å². The first-order valence-electron chi connectivity index (χ1n) is 4.99. The Balaban J connectivity index is 4.43. The van der Waals surface area contributed by atoms with E-state index in [2.05, 4.69) is 5.16 Å². The molecule has 3 N–H and O–H groups in total. The third-order valence-electron chi connectivity index (χ3n) is 1.90. The minimum atomic E-state index is -3.28. The van der Waals surface area contributed by atoms with Crippen molar-refractivity contribution in [3.8, 4) is 0 Å². The SMILES string of the molecule is CN(CCC(N)=NO)S(=O)(=O)CC(C)(C)C. The molecule has 0 saturated heterocycles. The van der Waals surface area contributed by atoms with Crippen molar-refractivity contribution in [3.63, 3.8) is 0 Å². The summed E-state index contributed by atoms with van der Waals surface area (Å²) in [7, 11) is -1.79. The predicted octanol–water partition coefficient (Wildman–Crippen LogP) is 0.431. The van der Waals surface area contributed by atoms with Gasteiger partial charge in [0.2, 0.25) is 10.0 Å². The zero-order chi connectivity index (χ0) is 13.0. The van der Waals surface area contributed by atoms with Gasteiger partial charge in [-0.3, -0.25) is 0 Å². The fourth-order valence-corrected chi connectivity index (χ4v) is 2.80. The Morgan fingerprint density at radius 1 is 1.44 bits per heavy atom. The van der Waals surface area contributed by atoms with E-state index in [0.29, 0.717) is 0 Å². The first kappa shape index (κ1) is 15.2. The van der Waals surface area contributed by atoms with Crippen LogP contribution in [0.4, 0.5) is 0 Å². The molecule has 0 aromatic heterocycles. The molecule has 0 fully saturated rings. The highest BCUT2D eigenvalue weighted by atomic mass is 32.2. The summed E-state index contributed by atoms with van der Waals surface area (Å²) in [5.74, 6) is 0.102. The molecule has 0 saturated carbocycles. The summed E-state index contributed by atoms with van der Waals surface area (Å²) in [6.07, 6.45) is 0.219. The highest BCUT2D eigenvalue weighted by molar-refractivity contribution is 7.89. The first-order chi connectivity index (χ1) is 7.08. The van der Waals surface area contributed by atoms with Gasteiger partial charge in [0, 0.05) is 20.0 Å². The van der Waals surface area contributed by atoms with Gasteiger partial charge in [0.15, 0.2) is 0 Å². The first-order valence-corrected chi connectivity index (χ1v) is 6.60. The van der Waals surface area contributed by atoms with Gasteiger partial charge in [-0.2, -0.15) is 0 Å². The lowest BCUT2D eigenvalue weighted by Crippen LogP contribution is -2.36. The molecular weight excluding hydrogens is 230 g/mol. The van der Waals surface area contributed by atoms with Crippen LogP contribution in [0.15, 0.2) is 5.16 Å². The third kappa shape index (κ3) is 5.92. The van der Waals surface area contributed by atoms with E-state index in [9.17, 15) is 8.42 Å². The highest BCUT2D eigenvalue weighted by Crippen LogP contribution is 2.17. The van der Waals surface area contributed by atoms with Crippen LogP contribution in [0.2, 0.25) is 0 Å². The quantitative estimate of drug-likeness (QED) is 0.320. The molecule has 96 valence electrons. The largest absolute Gasteiger partial charge is 0.409 e. The molecule has 0 aliphatic rings. The van der Waals surface area contributed by atoms with E-state index >= 15 is 0 Å². The maximum atomic E-state index is 11.8. The number of rotatable bonds is 5. The predicted molar refractivity (Wildman–Crippen MR) is 63.9 cm³/mol. The molecule has 0 atom stereocenters. The summed E-state index contributed by atoms with van der Waals surface area (Å²) in [6.45, 7) is 5.81. The Kier molecular flexibility index (Phi) is 5.21. The van der Waals surface area contributed by atoms with Crippen LogP contribution < -0.4 is 5.73 Å². The van der Waals surface area contributed by atoms with Crippen molar-refractivity contribution in [1.29, 1.82) is 0 Å². The summed E-state index contributed by atoms with van der Waals surface area (Å²) in [6, 6.07) is 0. The Hall–Kier alpha value is -0.820. The average Bonchev–Trinajstić information content (AvgIpc) is 2.09. The summed E-state index contributed by atoms with van der Waals surface area (Å²) in [5.41, 5.74) is 4.98. The number of sulfonamides is 1. The van der Waals surface area contributed by atoms with Crippen LogP contribution in [0.25, 0.3) is 0 Å². The number of nitrogens with zero attached hydrogens (tertiary/aromatic N) is 2. The molecule has 0 unspecified atom stereocenters. The lowest BCUT2D eigenvalue weighted by atomic mass is 10.0. The number of hydrogen-bond acceptors (Lipinski definition) is 4. The second-order valence-electron chi connectivity index (χ2n) is 4.98. The van der Waals surface area contributed by atoms with Gasteiger partial charge in [0.05, 0.1) is 5.75 Å². The van der Waals surface area contributed by atoms with Crippen LogP contribution in [0.1, 0.15) is 27.2 Å². The molecule has 0 aromatic rings. The fraction of sp³-hybridized carbons (Fsp3) is 0.889. The molecule has 0 aliphatic carbocycles. The van der Waals surface area contributed by atoms with E-state index in [0.717, 1.165) is 0 Å². The van der Waals surface area contributed by atoms with E-state index in [1.165, 1.54) is 11.4 Å². The van der Waals surface area contributed by atoms with Gasteiger partial charge in [0.25, 0.3) is 0 Å². The standard InChI is InChI=1S/C9H21N3O3S/c1-9(2,3)7-16(14,15)12(4)6-5-8(10)11-13/h13H,5-7H2,1-4H3,(H2,10,11). The molecule has 16 heavy (non-hydrogen) atoms. The van der Waals surface area contributed by atoms with E-state index in [-0.39, 0.29) is 30.0 Å². The second-order valence-corrected chi connectivity index (χ2v) is 7.06. The summed E-state index contributed by atoms with van der Waals surface area (Å²) >= 11 is 0. The number of amidine groups is 1. The van der Waals surface area contributed by atoms with Crippen LogP contribution >= 0.6 is 0 Å². The number of oxime groups is 1. The Labute approximate surface area is 97.2 Å². The maximum absolute atomic E-state index is 11.8. The van der Waals surface area contributed by atoms with Gasteiger partial charge in [-0.05, 0) is 5.41 Å². The molecule has 0 bridgehead atoms. The van der Waals surface area contributed by atoms with Crippen molar-refractivity contribution in [2.75, 3.05) is 19.3 Å². The minimum Gasteiger partial charge on any atom is -0.409 e. The smallest absolute Gasteiger partial charge is 0.214 e. The Bertz CT molecular complexity index is 344. The average molecular weight is 251 g/mol. The molecule has 0 aromatic carbocycles. The van der Waals surface area contributed by atoms with Crippen LogP contribution in [0, 0.1) is 5.41 Å². The van der Waals surface area contributed by atoms with Crippen molar-refractivity contribution in [2.45, 2.75) is 27.2 Å². The normalized spacial score (nSPS) is 14.4. The highest BCUT2D eigenvalue weighted by Gasteiger charge is 2.25. The van der Waals surface area contributed by atoms with E-state index in [4.69, 9.17) is 10.9 Å². The van der Waals surface area contributed by atoms with E-state index in [1.807, 2.05) is 20.8 Å². The molecular formula is C9H21N3O3S. The number of hydrogen-bond donors (Lipinski definition) is 2. The summed E-state index contributed by atoms with van der Waals surface area (Å²) < 4.78 is 24.9. The van der Waals surface area contributed by atoms with Gasteiger partial charge >= 0.3 is 0 Å². The lowest BCUT2D eigenvalue weighted by molar-refractivity contribution is 0.316. The van der Waals surface area contributed by atoms with E-state index < -0.39 is 10.0 Å². The molecule has 0 heterocycles. The molecule has 0 radical (unpaired) electrons. The molecule has 0 aliphatic heterocycles.